The fourth-order valence-corrected chi connectivity index (χ4v) is 7.55. The van der Waals surface area contributed by atoms with Gasteiger partial charge < -0.3 is 20.3 Å². The number of allylic oxidation sites excluding steroid dienone is 1. The Bertz CT molecular complexity index is 1210. The molecular weight excluding hydrogens is 497 g/mol. The second kappa shape index (κ2) is 10.2. The Balaban J connectivity index is 1.30. The molecule has 3 aliphatic heterocycles. The summed E-state index contributed by atoms with van der Waals surface area (Å²) >= 11 is 0. The molecule has 3 amide bonds. The van der Waals surface area contributed by atoms with Crippen LogP contribution in [0, 0.1) is 17.7 Å². The lowest BCUT2D eigenvalue weighted by atomic mass is 9.70. The van der Waals surface area contributed by atoms with Crippen LogP contribution in [-0.2, 0) is 19.1 Å². The van der Waals surface area contributed by atoms with Gasteiger partial charge in [-0.05, 0) is 76.1 Å². The molecule has 208 valence electrons. The van der Waals surface area contributed by atoms with E-state index in [1.54, 1.807) is 4.90 Å². The van der Waals surface area contributed by atoms with Gasteiger partial charge in [0.25, 0.3) is 0 Å². The fraction of sp³-hybridized carbons (Fsp3) is 0.581. The lowest BCUT2D eigenvalue weighted by molar-refractivity contribution is -0.144. The number of likely N-dealkylation sites (tertiary alicyclic amines) is 1. The molecule has 2 N–H and O–H groups in total. The quantitative estimate of drug-likeness (QED) is 0.498. The third kappa shape index (κ3) is 4.60. The minimum Gasteiger partial charge on any atom is -0.356 e. The maximum Gasteiger partial charge on any atom is 0.246 e. The lowest BCUT2D eigenvalue weighted by Crippen LogP contribution is -2.56. The number of hydrogen-bond acceptors (Lipinski definition) is 4. The topological polar surface area (TPSA) is 87.7 Å². The molecule has 2 bridgehead atoms. The van der Waals surface area contributed by atoms with E-state index in [9.17, 15) is 18.8 Å². The van der Waals surface area contributed by atoms with Crippen molar-refractivity contribution < 1.29 is 23.5 Å². The van der Waals surface area contributed by atoms with Gasteiger partial charge in [0.05, 0.1) is 17.4 Å². The number of carbonyl (C=O) groups is 3. The lowest BCUT2D eigenvalue weighted by Gasteiger charge is -2.35. The zero-order valence-electron chi connectivity index (χ0n) is 22.6. The van der Waals surface area contributed by atoms with Crippen molar-refractivity contribution in [2.75, 3.05) is 11.9 Å². The molecule has 0 radical (unpaired) electrons. The van der Waals surface area contributed by atoms with E-state index in [1.807, 2.05) is 19.1 Å². The van der Waals surface area contributed by atoms with Gasteiger partial charge in [-0.2, -0.15) is 0 Å². The van der Waals surface area contributed by atoms with Crippen LogP contribution in [0.5, 0.6) is 0 Å². The first-order valence-corrected chi connectivity index (χ1v) is 14.6. The molecule has 39 heavy (non-hydrogen) atoms. The third-order valence-electron chi connectivity index (χ3n) is 9.45. The molecule has 3 fully saturated rings. The van der Waals surface area contributed by atoms with E-state index in [1.165, 1.54) is 42.7 Å². The first-order chi connectivity index (χ1) is 18.8. The van der Waals surface area contributed by atoms with Crippen molar-refractivity contribution in [3.8, 4) is 0 Å². The number of anilines is 1. The molecule has 2 saturated heterocycles. The molecule has 2 aliphatic carbocycles. The number of amides is 3. The van der Waals surface area contributed by atoms with Gasteiger partial charge in [0.15, 0.2) is 0 Å². The summed E-state index contributed by atoms with van der Waals surface area (Å²) in [6, 6.07) is 4.82. The number of nitrogens with one attached hydrogen (secondary N) is 2. The number of halogens is 1. The number of hydrogen-bond donors (Lipinski definition) is 2. The average molecular weight is 536 g/mol. The Morgan fingerprint density at radius 3 is 2.54 bits per heavy atom. The number of fused-ring (bicyclic) bond motifs is 1. The summed E-state index contributed by atoms with van der Waals surface area (Å²) in [7, 11) is 0. The van der Waals surface area contributed by atoms with Crippen molar-refractivity contribution in [3.05, 3.63) is 53.9 Å². The van der Waals surface area contributed by atoms with E-state index in [0.29, 0.717) is 12.2 Å². The fourth-order valence-electron chi connectivity index (χ4n) is 7.55. The molecule has 1 saturated carbocycles. The smallest absolute Gasteiger partial charge is 0.246 e. The Labute approximate surface area is 229 Å². The largest absolute Gasteiger partial charge is 0.356 e. The molecule has 1 aromatic rings. The molecule has 0 unspecified atom stereocenters. The molecule has 5 atom stereocenters. The molecule has 7 nitrogen and oxygen atoms in total. The Hall–Kier alpha value is -3.00. The molecule has 0 aromatic heterocycles. The van der Waals surface area contributed by atoms with Crippen LogP contribution >= 0.6 is 0 Å². The summed E-state index contributed by atoms with van der Waals surface area (Å²) in [5.41, 5.74) is -0.445. The summed E-state index contributed by atoms with van der Waals surface area (Å²) < 4.78 is 20.0. The van der Waals surface area contributed by atoms with Gasteiger partial charge >= 0.3 is 0 Å². The van der Waals surface area contributed by atoms with Crippen LogP contribution in [0.4, 0.5) is 10.1 Å². The van der Waals surface area contributed by atoms with E-state index in [2.05, 4.69) is 16.7 Å². The van der Waals surface area contributed by atoms with E-state index in [-0.39, 0.29) is 23.8 Å². The highest BCUT2D eigenvalue weighted by Crippen LogP contribution is 2.60. The molecule has 8 heteroatoms. The van der Waals surface area contributed by atoms with Gasteiger partial charge in [-0.3, -0.25) is 14.4 Å². The second-order valence-electron chi connectivity index (χ2n) is 12.1. The third-order valence-corrected chi connectivity index (χ3v) is 9.45. The SMILES string of the molecule is C[C@@]12C=C[C@]3(O1)[C@H](C(=O)N(CCC1=CCCCC1)[C@@H]3C(=O)NC1CCCCC1)[C@@H]2C(=O)Nc1ccc(F)cc1. The van der Waals surface area contributed by atoms with E-state index >= 15 is 0 Å². The van der Waals surface area contributed by atoms with Gasteiger partial charge in [-0.1, -0.05) is 43.1 Å². The van der Waals surface area contributed by atoms with Gasteiger partial charge in [0.1, 0.15) is 17.5 Å². The van der Waals surface area contributed by atoms with Gasteiger partial charge in [0, 0.05) is 18.3 Å². The molecule has 5 aliphatic rings. The molecule has 1 aromatic carbocycles. The van der Waals surface area contributed by atoms with Crippen molar-refractivity contribution >= 4 is 23.4 Å². The first kappa shape index (κ1) is 26.2. The maximum atomic E-state index is 14.2. The van der Waals surface area contributed by atoms with Crippen molar-refractivity contribution in [3.63, 3.8) is 0 Å². The Morgan fingerprint density at radius 2 is 1.82 bits per heavy atom. The summed E-state index contributed by atoms with van der Waals surface area (Å²) in [6.45, 7) is 2.23. The highest BCUT2D eigenvalue weighted by molar-refractivity contribution is 6.03. The summed E-state index contributed by atoms with van der Waals surface area (Å²) in [5, 5.41) is 6.10. The summed E-state index contributed by atoms with van der Waals surface area (Å²) in [4.78, 5) is 43.5. The molecule has 6 rings (SSSR count). The van der Waals surface area contributed by atoms with Gasteiger partial charge in [-0.25, -0.2) is 4.39 Å². The highest BCUT2D eigenvalue weighted by atomic mass is 19.1. The van der Waals surface area contributed by atoms with E-state index in [0.717, 1.165) is 51.4 Å². The van der Waals surface area contributed by atoms with E-state index < -0.39 is 34.9 Å². The maximum absolute atomic E-state index is 14.2. The van der Waals surface area contributed by atoms with Gasteiger partial charge in [0.2, 0.25) is 17.7 Å². The van der Waals surface area contributed by atoms with Crippen LogP contribution in [-0.4, -0.2) is 52.5 Å². The molecule has 3 heterocycles. The van der Waals surface area contributed by atoms with E-state index in [4.69, 9.17) is 4.74 Å². The van der Waals surface area contributed by atoms with Crippen molar-refractivity contribution in [2.24, 2.45) is 11.8 Å². The van der Waals surface area contributed by atoms with Crippen LogP contribution < -0.4 is 10.6 Å². The zero-order valence-corrected chi connectivity index (χ0v) is 22.6. The van der Waals surface area contributed by atoms with Crippen LogP contribution in [0.1, 0.15) is 71.1 Å². The Kier molecular flexibility index (Phi) is 6.86. The minimum absolute atomic E-state index is 0.0930. The number of rotatable bonds is 7. The average Bonchev–Trinajstić information content (AvgIpc) is 3.50. The van der Waals surface area contributed by atoms with Crippen LogP contribution in [0.3, 0.4) is 0 Å². The van der Waals surface area contributed by atoms with Gasteiger partial charge in [-0.15, -0.1) is 0 Å². The zero-order chi connectivity index (χ0) is 27.2. The van der Waals surface area contributed by atoms with Crippen LogP contribution in [0.25, 0.3) is 0 Å². The molecular formula is C31H38FN3O4. The van der Waals surface area contributed by atoms with Crippen molar-refractivity contribution in [1.82, 2.24) is 10.2 Å². The number of carbonyl (C=O) groups excluding carboxylic acids is 3. The first-order valence-electron chi connectivity index (χ1n) is 14.6. The normalized spacial score (nSPS) is 33.7. The number of nitrogens with zero attached hydrogens (tertiary/aromatic N) is 1. The van der Waals surface area contributed by atoms with Crippen LogP contribution in [0.15, 0.2) is 48.1 Å². The summed E-state index contributed by atoms with van der Waals surface area (Å²) in [5.74, 6) is -2.78. The number of ether oxygens (including phenoxy) is 1. The predicted molar refractivity (Wildman–Crippen MR) is 145 cm³/mol. The monoisotopic (exact) mass is 535 g/mol. The summed E-state index contributed by atoms with van der Waals surface area (Å²) in [6.07, 6.45) is 16.3. The predicted octanol–water partition coefficient (Wildman–Crippen LogP) is 4.64. The number of benzene rings is 1. The minimum atomic E-state index is -1.20. The van der Waals surface area contributed by atoms with Crippen molar-refractivity contribution in [1.29, 1.82) is 0 Å². The Morgan fingerprint density at radius 1 is 1.05 bits per heavy atom. The molecule has 1 spiro atoms. The highest BCUT2D eigenvalue weighted by Gasteiger charge is 2.76. The van der Waals surface area contributed by atoms with Crippen molar-refractivity contribution in [2.45, 2.75) is 94.4 Å². The standard InChI is InChI=1S/C31H38FN3O4/c1-30-17-18-31(39-30)25(24(30)27(36)33-23-14-12-21(32)13-15-23)29(38)35(19-16-20-8-4-2-5-9-20)26(31)28(37)34-22-10-6-3-7-11-22/h8,12-15,17-18,22,24-26H,2-7,9-11,16,19H2,1H3,(H,33,36)(H,34,37)/t24-,25+,26-,30+,31+/m1/s1. The second-order valence-corrected chi connectivity index (χ2v) is 12.1. The van der Waals surface area contributed by atoms with Crippen LogP contribution in [0.2, 0.25) is 0 Å².